The fourth-order valence-corrected chi connectivity index (χ4v) is 0.667. The summed E-state index contributed by atoms with van der Waals surface area (Å²) in [5.74, 6) is 0. The second-order valence-corrected chi connectivity index (χ2v) is 3.71. The quantitative estimate of drug-likeness (QED) is 0.160. The molecule has 0 bridgehead atoms. The SMILES string of the molecule is NC(=S)NN=Cc1ccccn1.O=S(=O)([O-])O.[Fe]. The zero-order valence-electron chi connectivity index (χ0n) is 8.70. The maximum atomic E-state index is 8.63. The third kappa shape index (κ3) is 17.3. The van der Waals surface area contributed by atoms with E-state index in [2.05, 4.69) is 27.7 Å². The van der Waals surface area contributed by atoms with Crippen LogP contribution in [0.2, 0.25) is 0 Å². The monoisotopic (exact) mass is 333 g/mol. The van der Waals surface area contributed by atoms with Gasteiger partial charge in [0.1, 0.15) is 0 Å². The summed E-state index contributed by atoms with van der Waals surface area (Å²) in [5, 5.41) is 3.88. The molecule has 0 aromatic carbocycles. The summed E-state index contributed by atoms with van der Waals surface area (Å²) < 4.78 is 32.8. The number of nitrogens with two attached hydrogens (primary N) is 1. The third-order valence-electron chi connectivity index (χ3n) is 1.06. The number of nitrogens with zero attached hydrogens (tertiary/aromatic N) is 2. The largest absolute Gasteiger partial charge is 0.726 e. The van der Waals surface area contributed by atoms with E-state index in [1.54, 1.807) is 12.4 Å². The molecule has 18 heavy (non-hydrogen) atoms. The van der Waals surface area contributed by atoms with Gasteiger partial charge in [0.05, 0.1) is 11.9 Å². The van der Waals surface area contributed by atoms with Crippen LogP contribution in [0.4, 0.5) is 0 Å². The van der Waals surface area contributed by atoms with Crippen LogP contribution in [-0.4, -0.2) is 33.8 Å². The number of pyridine rings is 1. The summed E-state index contributed by atoms with van der Waals surface area (Å²) in [6.07, 6.45) is 3.22. The molecule has 0 unspecified atom stereocenters. The van der Waals surface area contributed by atoms with Crippen LogP contribution in [0.5, 0.6) is 0 Å². The maximum absolute atomic E-state index is 8.63. The molecule has 11 heteroatoms. The average molecular weight is 333 g/mol. The summed E-state index contributed by atoms with van der Waals surface area (Å²) in [4.78, 5) is 4.00. The van der Waals surface area contributed by atoms with E-state index in [4.69, 9.17) is 23.3 Å². The summed E-state index contributed by atoms with van der Waals surface area (Å²) in [6, 6.07) is 5.53. The summed E-state index contributed by atoms with van der Waals surface area (Å²) in [6.45, 7) is 0. The average Bonchev–Trinajstić information content (AvgIpc) is 2.16. The molecule has 1 aromatic rings. The van der Waals surface area contributed by atoms with Gasteiger partial charge in [-0.05, 0) is 24.4 Å². The van der Waals surface area contributed by atoms with Gasteiger partial charge in [0.25, 0.3) is 0 Å². The Kier molecular flexibility index (Phi) is 10.6. The van der Waals surface area contributed by atoms with Crippen LogP contribution in [0.15, 0.2) is 29.5 Å². The van der Waals surface area contributed by atoms with Crippen molar-refractivity contribution < 1.29 is 34.6 Å². The van der Waals surface area contributed by atoms with Crippen molar-refractivity contribution in [1.82, 2.24) is 10.4 Å². The summed E-state index contributed by atoms with van der Waals surface area (Å²) in [7, 11) is -4.92. The molecule has 102 valence electrons. The van der Waals surface area contributed by atoms with Gasteiger partial charge in [0, 0.05) is 23.3 Å². The Morgan fingerprint density at radius 1 is 1.61 bits per heavy atom. The molecular formula is C7H9FeN4O4S2-. The molecule has 1 heterocycles. The third-order valence-corrected chi connectivity index (χ3v) is 1.15. The van der Waals surface area contributed by atoms with Gasteiger partial charge in [-0.1, -0.05) is 6.07 Å². The predicted octanol–water partition coefficient (Wildman–Crippen LogP) is -0.749. The number of hydrazone groups is 1. The van der Waals surface area contributed by atoms with Crippen LogP contribution < -0.4 is 11.2 Å². The molecule has 0 radical (unpaired) electrons. The normalized spacial score (nSPS) is 9.89. The van der Waals surface area contributed by atoms with Gasteiger partial charge in [-0.2, -0.15) is 5.10 Å². The Hall–Kier alpha value is -1.10. The number of rotatable bonds is 2. The van der Waals surface area contributed by atoms with Gasteiger partial charge < -0.3 is 10.3 Å². The van der Waals surface area contributed by atoms with Crippen molar-refractivity contribution in [3.05, 3.63) is 30.1 Å². The molecule has 0 fully saturated rings. The topological polar surface area (TPSA) is 141 Å². The molecular weight excluding hydrogens is 324 g/mol. The second kappa shape index (κ2) is 9.88. The Balaban J connectivity index is 0. The van der Waals surface area contributed by atoms with E-state index in [-0.39, 0.29) is 22.2 Å². The van der Waals surface area contributed by atoms with E-state index in [1.165, 1.54) is 0 Å². The van der Waals surface area contributed by atoms with E-state index in [1.807, 2.05) is 18.2 Å². The van der Waals surface area contributed by atoms with E-state index in [0.29, 0.717) is 0 Å². The molecule has 0 amide bonds. The minimum atomic E-state index is -4.92. The molecule has 0 aliphatic carbocycles. The molecule has 0 saturated heterocycles. The molecule has 0 aliphatic rings. The first kappa shape index (κ1) is 19.2. The van der Waals surface area contributed by atoms with Crippen molar-refractivity contribution in [2.75, 3.05) is 0 Å². The zero-order chi connectivity index (χ0) is 13.3. The van der Waals surface area contributed by atoms with Crippen molar-refractivity contribution in [2.24, 2.45) is 10.8 Å². The minimum Gasteiger partial charge on any atom is -0.726 e. The van der Waals surface area contributed by atoms with Crippen molar-refractivity contribution in [3.63, 3.8) is 0 Å². The van der Waals surface area contributed by atoms with Crippen LogP contribution in [0, 0.1) is 0 Å². The first-order valence-corrected chi connectivity index (χ1v) is 5.74. The van der Waals surface area contributed by atoms with Crippen LogP contribution in [0.1, 0.15) is 5.69 Å². The van der Waals surface area contributed by atoms with Crippen molar-refractivity contribution in [1.29, 1.82) is 0 Å². The fraction of sp³-hybridized carbons (Fsp3) is 0. The fourth-order valence-electron chi connectivity index (χ4n) is 0.614. The number of aromatic nitrogens is 1. The molecule has 0 spiro atoms. The Labute approximate surface area is 120 Å². The smallest absolute Gasteiger partial charge is 0.215 e. The zero-order valence-corrected chi connectivity index (χ0v) is 11.4. The van der Waals surface area contributed by atoms with Gasteiger partial charge in [-0.25, -0.2) is 8.42 Å². The standard InChI is InChI=1S/C7H8N4S.Fe.H2O4S/c8-7(12)11-10-5-6-3-1-2-4-9-6;;1-5(2,3)4/h1-5H,(H3,8,11,12);;(H2,1,2,3,4)/p-1. The first-order chi connectivity index (χ1) is 7.79. The number of hydrogen-bond acceptors (Lipinski definition) is 6. The maximum Gasteiger partial charge on any atom is 0.215 e. The van der Waals surface area contributed by atoms with Crippen molar-refractivity contribution >= 4 is 33.9 Å². The molecule has 1 aromatic heterocycles. The van der Waals surface area contributed by atoms with Gasteiger partial charge in [-0.3, -0.25) is 15.0 Å². The van der Waals surface area contributed by atoms with Crippen LogP contribution in [0.25, 0.3) is 0 Å². The van der Waals surface area contributed by atoms with Gasteiger partial charge in [0.2, 0.25) is 10.4 Å². The Morgan fingerprint density at radius 2 is 2.17 bits per heavy atom. The number of thiocarbonyl (C=S) groups is 1. The van der Waals surface area contributed by atoms with Crippen LogP contribution in [-0.2, 0) is 27.5 Å². The summed E-state index contributed by atoms with van der Waals surface area (Å²) >= 11 is 4.54. The molecule has 0 atom stereocenters. The molecule has 0 aliphatic heterocycles. The Morgan fingerprint density at radius 3 is 2.56 bits per heavy atom. The molecule has 4 N–H and O–H groups in total. The van der Waals surface area contributed by atoms with Crippen molar-refractivity contribution in [2.45, 2.75) is 0 Å². The van der Waals surface area contributed by atoms with Gasteiger partial charge in [0.15, 0.2) is 5.11 Å². The number of nitrogens with one attached hydrogen (secondary N) is 1. The minimum absolute atomic E-state index is 0. The van der Waals surface area contributed by atoms with Gasteiger partial charge >= 0.3 is 0 Å². The first-order valence-electron chi connectivity index (χ1n) is 3.97. The molecule has 8 nitrogen and oxygen atoms in total. The van der Waals surface area contributed by atoms with E-state index in [9.17, 15) is 0 Å². The van der Waals surface area contributed by atoms with E-state index >= 15 is 0 Å². The Bertz CT molecular complexity index is 471. The van der Waals surface area contributed by atoms with E-state index < -0.39 is 10.4 Å². The molecule has 1 rings (SSSR count). The summed E-state index contributed by atoms with van der Waals surface area (Å²) in [5.41, 5.74) is 8.33. The predicted molar refractivity (Wildman–Crippen MR) is 64.1 cm³/mol. The second-order valence-electron chi connectivity index (χ2n) is 2.42. The van der Waals surface area contributed by atoms with Gasteiger partial charge in [-0.15, -0.1) is 0 Å². The van der Waals surface area contributed by atoms with Crippen molar-refractivity contribution in [3.8, 4) is 0 Å². The van der Waals surface area contributed by atoms with Crippen LogP contribution >= 0.6 is 12.2 Å². The number of hydrogen-bond donors (Lipinski definition) is 3. The van der Waals surface area contributed by atoms with E-state index in [0.717, 1.165) is 5.69 Å². The van der Waals surface area contributed by atoms with Crippen LogP contribution in [0.3, 0.4) is 0 Å². The molecule has 0 saturated carbocycles.